The summed E-state index contributed by atoms with van der Waals surface area (Å²) in [6, 6.07) is 18.1. The molecule has 0 saturated carbocycles. The molecule has 0 aromatic heterocycles. The number of hydrogen-bond donors (Lipinski definition) is 2. The second kappa shape index (κ2) is 19.7. The summed E-state index contributed by atoms with van der Waals surface area (Å²) in [4.78, 5) is 64.7. The molecule has 0 aliphatic carbocycles. The van der Waals surface area contributed by atoms with E-state index in [0.29, 0.717) is 63.7 Å². The molecule has 6 rings (SSSR count). The SMILES string of the molecule is C=CN(C=N)c1ccc2c3c(cccc13)C(=O)N(CCN(C)CCCN(C)CCN1C(=O)c3cccc4c(N(/C=C\N)CC)ccc(c34)C1=O)C2=O.CC.CC. The van der Waals surface area contributed by atoms with Crippen molar-refractivity contribution in [1.29, 1.82) is 5.41 Å². The highest BCUT2D eigenvalue weighted by Gasteiger charge is 2.35. The van der Waals surface area contributed by atoms with Gasteiger partial charge in [0.05, 0.1) is 12.0 Å². The highest BCUT2D eigenvalue weighted by atomic mass is 16.2. The van der Waals surface area contributed by atoms with Crippen LogP contribution in [0.5, 0.6) is 0 Å². The summed E-state index contributed by atoms with van der Waals surface area (Å²) in [5, 5.41) is 10.5. The number of benzene rings is 4. The lowest BCUT2D eigenvalue weighted by Gasteiger charge is -2.31. The van der Waals surface area contributed by atoms with Gasteiger partial charge in [-0.15, -0.1) is 0 Å². The number of nitrogens with zero attached hydrogens (tertiary/aromatic N) is 6. The zero-order valence-corrected chi connectivity index (χ0v) is 33.8. The van der Waals surface area contributed by atoms with Gasteiger partial charge < -0.3 is 25.3 Å². The Morgan fingerprint density at radius 1 is 0.661 bits per heavy atom. The Bertz CT molecular complexity index is 2080. The van der Waals surface area contributed by atoms with Gasteiger partial charge >= 0.3 is 0 Å². The van der Waals surface area contributed by atoms with Crippen molar-refractivity contribution in [2.75, 3.05) is 69.7 Å². The Labute approximate surface area is 330 Å². The van der Waals surface area contributed by atoms with E-state index in [1.807, 2.05) is 77.9 Å². The average Bonchev–Trinajstić information content (AvgIpc) is 3.23. The summed E-state index contributed by atoms with van der Waals surface area (Å²) >= 11 is 0. The van der Waals surface area contributed by atoms with Crippen LogP contribution in [0.2, 0.25) is 0 Å². The number of nitrogens with one attached hydrogen (secondary N) is 1. The van der Waals surface area contributed by atoms with Crippen molar-refractivity contribution in [3.05, 3.63) is 108 Å². The van der Waals surface area contributed by atoms with Gasteiger partial charge in [-0.3, -0.25) is 34.4 Å². The van der Waals surface area contributed by atoms with Crippen LogP contribution in [0.15, 0.2) is 85.8 Å². The fourth-order valence-corrected chi connectivity index (χ4v) is 7.20. The predicted molar refractivity (Wildman–Crippen MR) is 229 cm³/mol. The minimum atomic E-state index is -0.332. The second-order valence-electron chi connectivity index (χ2n) is 13.1. The number of carbonyl (C=O) groups is 4. The van der Waals surface area contributed by atoms with Crippen LogP contribution in [0.25, 0.3) is 21.5 Å². The van der Waals surface area contributed by atoms with Gasteiger partial charge in [0.15, 0.2) is 0 Å². The zero-order valence-electron chi connectivity index (χ0n) is 33.8. The van der Waals surface area contributed by atoms with Crippen molar-refractivity contribution in [3.8, 4) is 0 Å². The van der Waals surface area contributed by atoms with Crippen molar-refractivity contribution >= 4 is 62.9 Å². The molecule has 4 aromatic carbocycles. The molecule has 56 heavy (non-hydrogen) atoms. The largest absolute Gasteiger partial charge is 0.403 e. The van der Waals surface area contributed by atoms with E-state index in [9.17, 15) is 19.2 Å². The third kappa shape index (κ3) is 8.36. The molecule has 3 N–H and O–H groups in total. The van der Waals surface area contributed by atoms with E-state index in [4.69, 9.17) is 11.1 Å². The molecule has 0 saturated heterocycles. The van der Waals surface area contributed by atoms with Gasteiger partial charge in [0.2, 0.25) is 0 Å². The average molecular weight is 761 g/mol. The Morgan fingerprint density at radius 2 is 1.09 bits per heavy atom. The molecule has 0 atom stereocenters. The molecule has 0 fully saturated rings. The first kappa shape index (κ1) is 42.9. The fraction of sp³-hybridized carbons (Fsp3) is 0.341. The number of anilines is 2. The highest BCUT2D eigenvalue weighted by Crippen LogP contribution is 2.37. The van der Waals surface area contributed by atoms with Crippen LogP contribution in [0, 0.1) is 5.41 Å². The molecule has 2 aliphatic heterocycles. The Balaban J connectivity index is 0.00000169. The van der Waals surface area contributed by atoms with Gasteiger partial charge in [0.1, 0.15) is 0 Å². The Kier molecular flexibility index (Phi) is 15.0. The molecule has 12 nitrogen and oxygen atoms in total. The van der Waals surface area contributed by atoms with Crippen LogP contribution < -0.4 is 15.5 Å². The molecule has 296 valence electrons. The number of amides is 4. The van der Waals surface area contributed by atoms with Crippen LogP contribution in [0.1, 0.15) is 82.5 Å². The van der Waals surface area contributed by atoms with Crippen molar-refractivity contribution in [2.45, 2.75) is 41.0 Å². The number of hydrogen-bond acceptors (Lipinski definition) is 9. The summed E-state index contributed by atoms with van der Waals surface area (Å²) in [5.41, 5.74) is 9.19. The summed E-state index contributed by atoms with van der Waals surface area (Å²) in [7, 11) is 3.93. The molecule has 0 radical (unpaired) electrons. The lowest BCUT2D eigenvalue weighted by Crippen LogP contribution is -2.45. The summed E-state index contributed by atoms with van der Waals surface area (Å²) in [6.45, 7) is 17.4. The van der Waals surface area contributed by atoms with Crippen molar-refractivity contribution in [2.24, 2.45) is 5.73 Å². The molecule has 2 aliphatic rings. The normalized spacial score (nSPS) is 13.3. The van der Waals surface area contributed by atoms with Crippen LogP contribution >= 0.6 is 0 Å². The molecular formula is C44H56N8O4. The van der Waals surface area contributed by atoms with E-state index in [1.165, 1.54) is 22.2 Å². The third-order valence-corrected chi connectivity index (χ3v) is 9.96. The van der Waals surface area contributed by atoms with Gasteiger partial charge in [-0.25, -0.2) is 0 Å². The van der Waals surface area contributed by atoms with E-state index >= 15 is 0 Å². The quantitative estimate of drug-likeness (QED) is 0.0703. The first-order valence-electron chi connectivity index (χ1n) is 19.4. The molecule has 0 spiro atoms. The lowest BCUT2D eigenvalue weighted by molar-refractivity contribution is 0.0585. The van der Waals surface area contributed by atoms with Gasteiger partial charge in [-0.2, -0.15) is 0 Å². The van der Waals surface area contributed by atoms with Gasteiger partial charge in [0, 0.05) is 101 Å². The lowest BCUT2D eigenvalue weighted by atomic mass is 9.92. The number of likely N-dealkylation sites (N-methyl/N-ethyl adjacent to an activating group) is 2. The third-order valence-electron chi connectivity index (χ3n) is 9.96. The number of rotatable bonds is 16. The molecule has 4 amide bonds. The van der Waals surface area contributed by atoms with E-state index in [-0.39, 0.29) is 36.7 Å². The molecule has 4 aromatic rings. The maximum absolute atomic E-state index is 13.6. The fourth-order valence-electron chi connectivity index (χ4n) is 7.20. The first-order chi connectivity index (χ1) is 27.1. The second-order valence-corrected chi connectivity index (χ2v) is 13.1. The van der Waals surface area contributed by atoms with Crippen molar-refractivity contribution < 1.29 is 19.2 Å². The maximum Gasteiger partial charge on any atom is 0.261 e. The van der Waals surface area contributed by atoms with Crippen LogP contribution in [0.4, 0.5) is 11.4 Å². The van der Waals surface area contributed by atoms with E-state index < -0.39 is 0 Å². The molecular weight excluding hydrogens is 705 g/mol. The van der Waals surface area contributed by atoms with Gasteiger partial charge in [0.25, 0.3) is 23.6 Å². The number of carbonyl (C=O) groups excluding carboxylic acids is 4. The van der Waals surface area contributed by atoms with Crippen molar-refractivity contribution in [1.82, 2.24) is 19.6 Å². The predicted octanol–water partition coefficient (Wildman–Crippen LogP) is 7.00. The van der Waals surface area contributed by atoms with E-state index in [0.717, 1.165) is 36.9 Å². The van der Waals surface area contributed by atoms with Crippen molar-refractivity contribution in [3.63, 3.8) is 0 Å². The Hall–Kier alpha value is -5.85. The standard InChI is InChI=1S/C40H44N8O4.2C2H6/c1-5-45(21-18-41)33-16-14-31-35-27(33)10-7-12-29(35)37(49)47(39(31)51)24-22-43(3)19-9-20-44(4)23-25-48-38(50)30-13-8-11-28-34(46(6-2)26-42)17-15-32(36(28)30)40(48)52;2*1-2/h6-8,10-18,21,26,42H,2,5,9,19-20,22-25,41H2,1,3-4H3;2*1-2H3/b21-18-,42-26?;;. The highest BCUT2D eigenvalue weighted by molar-refractivity contribution is 6.28. The summed E-state index contributed by atoms with van der Waals surface area (Å²) in [5.74, 6) is -1.25. The van der Waals surface area contributed by atoms with Gasteiger partial charge in [-0.05, 0) is 76.9 Å². The molecule has 2 heterocycles. The monoisotopic (exact) mass is 760 g/mol. The maximum atomic E-state index is 13.6. The summed E-state index contributed by atoms with van der Waals surface area (Å²) < 4.78 is 0. The minimum Gasteiger partial charge on any atom is -0.403 e. The number of imide groups is 2. The van der Waals surface area contributed by atoms with Gasteiger partial charge in [-0.1, -0.05) is 58.5 Å². The minimum absolute atomic E-state index is 0.246. The van der Waals surface area contributed by atoms with Crippen LogP contribution in [0.3, 0.4) is 0 Å². The smallest absolute Gasteiger partial charge is 0.261 e. The molecule has 12 heteroatoms. The topological polar surface area (TPSA) is 138 Å². The molecule has 0 bridgehead atoms. The van der Waals surface area contributed by atoms with Crippen LogP contribution in [-0.4, -0.2) is 109 Å². The Morgan fingerprint density at radius 3 is 1.50 bits per heavy atom. The zero-order chi connectivity index (χ0) is 41.1. The van der Waals surface area contributed by atoms with E-state index in [2.05, 4.69) is 16.4 Å². The van der Waals surface area contributed by atoms with E-state index in [1.54, 1.807) is 47.5 Å². The number of nitrogens with two attached hydrogens (primary N) is 1. The molecule has 0 unspecified atom stereocenters. The van der Waals surface area contributed by atoms with Crippen LogP contribution in [-0.2, 0) is 0 Å². The summed E-state index contributed by atoms with van der Waals surface area (Å²) in [6.07, 6.45) is 6.71. The first-order valence-corrected chi connectivity index (χ1v) is 19.4.